The normalized spacial score (nSPS) is 19.7. The first-order valence-corrected chi connectivity index (χ1v) is 9.94. The fraction of sp³-hybridized carbons (Fsp3) is 0.571. The van der Waals surface area contributed by atoms with E-state index in [-0.39, 0.29) is 0 Å². The SMILES string of the molecule is Cc1c(-c2cnn(C3CC3)c2)cnc(N2CCCC(C)(C)CC2)c1C(N)=O. The zero-order valence-electron chi connectivity index (χ0n) is 16.5. The van der Waals surface area contributed by atoms with Crippen molar-refractivity contribution in [1.82, 2.24) is 14.8 Å². The lowest BCUT2D eigenvalue weighted by Crippen LogP contribution is -2.29. The van der Waals surface area contributed by atoms with Crippen LogP contribution in [0.15, 0.2) is 18.6 Å². The van der Waals surface area contributed by atoms with Gasteiger partial charge in [0.15, 0.2) is 0 Å². The molecular weight excluding hydrogens is 338 g/mol. The van der Waals surface area contributed by atoms with Crippen molar-refractivity contribution in [1.29, 1.82) is 0 Å². The Balaban J connectivity index is 1.70. The van der Waals surface area contributed by atoms with Gasteiger partial charge in [0.2, 0.25) is 0 Å². The van der Waals surface area contributed by atoms with Crippen molar-refractivity contribution in [3.8, 4) is 11.1 Å². The summed E-state index contributed by atoms with van der Waals surface area (Å²) in [6, 6.07) is 0.530. The lowest BCUT2D eigenvalue weighted by Gasteiger charge is -2.26. The second-order valence-electron chi connectivity index (χ2n) is 8.80. The molecule has 1 saturated carbocycles. The van der Waals surface area contributed by atoms with E-state index in [1.165, 1.54) is 19.3 Å². The van der Waals surface area contributed by atoms with Crippen LogP contribution in [0, 0.1) is 12.3 Å². The third-order valence-electron chi connectivity index (χ3n) is 6.04. The first-order chi connectivity index (χ1) is 12.9. The van der Waals surface area contributed by atoms with Gasteiger partial charge in [-0.15, -0.1) is 0 Å². The van der Waals surface area contributed by atoms with Gasteiger partial charge in [-0.3, -0.25) is 9.48 Å². The lowest BCUT2D eigenvalue weighted by molar-refractivity contribution is 0.1000. The van der Waals surface area contributed by atoms with Crippen LogP contribution >= 0.6 is 0 Å². The van der Waals surface area contributed by atoms with Gasteiger partial charge in [-0.25, -0.2) is 4.98 Å². The molecule has 2 aromatic heterocycles. The predicted molar refractivity (Wildman–Crippen MR) is 107 cm³/mol. The molecule has 2 N–H and O–H groups in total. The number of carbonyl (C=O) groups excluding carboxylic acids is 1. The largest absolute Gasteiger partial charge is 0.365 e. The van der Waals surface area contributed by atoms with Crippen LogP contribution in [0.4, 0.5) is 5.82 Å². The van der Waals surface area contributed by atoms with E-state index in [0.717, 1.165) is 48.4 Å². The highest BCUT2D eigenvalue weighted by Crippen LogP contribution is 2.37. The summed E-state index contributed by atoms with van der Waals surface area (Å²) in [6.45, 7) is 8.40. The number of pyridine rings is 1. The number of primary amides is 1. The number of hydrogen-bond acceptors (Lipinski definition) is 4. The highest BCUT2D eigenvalue weighted by molar-refractivity contribution is 6.01. The van der Waals surface area contributed by atoms with Crippen molar-refractivity contribution in [2.24, 2.45) is 11.1 Å². The average molecular weight is 367 g/mol. The summed E-state index contributed by atoms with van der Waals surface area (Å²) < 4.78 is 2.02. The number of anilines is 1. The van der Waals surface area contributed by atoms with E-state index in [9.17, 15) is 4.79 Å². The summed E-state index contributed by atoms with van der Waals surface area (Å²) >= 11 is 0. The van der Waals surface area contributed by atoms with Crippen LogP contribution in [-0.4, -0.2) is 33.8 Å². The third kappa shape index (κ3) is 3.57. The maximum absolute atomic E-state index is 12.3. The quantitative estimate of drug-likeness (QED) is 0.894. The summed E-state index contributed by atoms with van der Waals surface area (Å²) in [6.07, 6.45) is 11.5. The second-order valence-corrected chi connectivity index (χ2v) is 8.80. The Hall–Kier alpha value is -2.37. The summed E-state index contributed by atoms with van der Waals surface area (Å²) in [4.78, 5) is 19.3. The second kappa shape index (κ2) is 6.66. The van der Waals surface area contributed by atoms with Gasteiger partial charge in [-0.2, -0.15) is 5.10 Å². The van der Waals surface area contributed by atoms with Gasteiger partial charge >= 0.3 is 0 Å². The smallest absolute Gasteiger partial charge is 0.252 e. The lowest BCUT2D eigenvalue weighted by atomic mass is 9.85. The van der Waals surface area contributed by atoms with E-state index in [2.05, 4.69) is 30.0 Å². The Bertz CT molecular complexity index is 865. The monoisotopic (exact) mass is 367 g/mol. The minimum absolute atomic E-state index is 0.327. The summed E-state index contributed by atoms with van der Waals surface area (Å²) in [5.41, 5.74) is 9.51. The molecule has 2 aromatic rings. The molecule has 0 radical (unpaired) electrons. The Morgan fingerprint density at radius 1 is 1.22 bits per heavy atom. The number of aromatic nitrogens is 3. The Labute approximate surface area is 160 Å². The molecule has 0 bridgehead atoms. The first kappa shape index (κ1) is 18.0. The molecule has 4 rings (SSSR count). The van der Waals surface area contributed by atoms with E-state index in [1.54, 1.807) is 0 Å². The zero-order chi connectivity index (χ0) is 19.2. The first-order valence-electron chi connectivity index (χ1n) is 9.94. The Morgan fingerprint density at radius 2 is 2.00 bits per heavy atom. The fourth-order valence-corrected chi connectivity index (χ4v) is 4.07. The van der Waals surface area contributed by atoms with Crippen LogP contribution in [0.25, 0.3) is 11.1 Å². The number of amides is 1. The number of hydrogen-bond donors (Lipinski definition) is 1. The van der Waals surface area contributed by atoms with Crippen LogP contribution in [0.5, 0.6) is 0 Å². The van der Waals surface area contributed by atoms with Gasteiger partial charge in [0, 0.05) is 36.6 Å². The number of nitrogens with two attached hydrogens (primary N) is 1. The highest BCUT2D eigenvalue weighted by Gasteiger charge is 2.28. The van der Waals surface area contributed by atoms with Crippen LogP contribution in [0.3, 0.4) is 0 Å². The van der Waals surface area contributed by atoms with Crippen molar-refractivity contribution in [2.45, 2.75) is 58.9 Å². The molecule has 1 aliphatic carbocycles. The molecule has 1 saturated heterocycles. The molecular formula is C21H29N5O. The zero-order valence-corrected chi connectivity index (χ0v) is 16.5. The third-order valence-corrected chi connectivity index (χ3v) is 6.04. The minimum Gasteiger partial charge on any atom is -0.365 e. The van der Waals surface area contributed by atoms with Crippen molar-refractivity contribution < 1.29 is 4.79 Å². The molecule has 144 valence electrons. The molecule has 6 nitrogen and oxygen atoms in total. The molecule has 0 aromatic carbocycles. The maximum Gasteiger partial charge on any atom is 0.252 e. The number of carbonyl (C=O) groups is 1. The molecule has 3 heterocycles. The van der Waals surface area contributed by atoms with E-state index >= 15 is 0 Å². The van der Waals surface area contributed by atoms with E-state index in [4.69, 9.17) is 10.7 Å². The van der Waals surface area contributed by atoms with Crippen molar-refractivity contribution >= 4 is 11.7 Å². The average Bonchev–Trinajstić information content (AvgIpc) is 3.37. The van der Waals surface area contributed by atoms with Crippen LogP contribution in [-0.2, 0) is 0 Å². The fourth-order valence-electron chi connectivity index (χ4n) is 4.07. The standard InChI is InChI=1S/C21H29N5O/c1-14-17(15-11-24-26(13-15)16-5-6-16)12-23-20(18(14)19(22)27)25-9-4-7-21(2,3)8-10-25/h11-13,16H,4-10H2,1-3H3,(H2,22,27). The molecule has 0 unspecified atom stereocenters. The van der Waals surface area contributed by atoms with Crippen molar-refractivity contribution in [2.75, 3.05) is 18.0 Å². The topological polar surface area (TPSA) is 77.0 Å². The predicted octanol–water partition coefficient (Wildman–Crippen LogP) is 3.70. The summed E-state index contributed by atoms with van der Waals surface area (Å²) in [5, 5.41) is 4.47. The van der Waals surface area contributed by atoms with E-state index in [1.807, 2.05) is 24.0 Å². The maximum atomic E-state index is 12.3. The van der Waals surface area contributed by atoms with Gasteiger partial charge in [-0.1, -0.05) is 13.8 Å². The number of rotatable bonds is 4. The molecule has 0 atom stereocenters. The van der Waals surface area contributed by atoms with Crippen LogP contribution < -0.4 is 10.6 Å². The molecule has 1 aliphatic heterocycles. The van der Waals surface area contributed by atoms with Gasteiger partial charge < -0.3 is 10.6 Å². The Kier molecular flexibility index (Phi) is 4.44. The van der Waals surface area contributed by atoms with Crippen molar-refractivity contribution in [3.05, 3.63) is 29.7 Å². The Morgan fingerprint density at radius 3 is 2.70 bits per heavy atom. The van der Waals surface area contributed by atoms with Gasteiger partial charge in [0.05, 0.1) is 17.8 Å². The molecule has 0 spiro atoms. The molecule has 2 aliphatic rings. The van der Waals surface area contributed by atoms with Gasteiger partial charge in [-0.05, 0) is 50.0 Å². The molecule has 27 heavy (non-hydrogen) atoms. The summed E-state index contributed by atoms with van der Waals surface area (Å²) in [7, 11) is 0. The highest BCUT2D eigenvalue weighted by atomic mass is 16.1. The van der Waals surface area contributed by atoms with Gasteiger partial charge in [0.1, 0.15) is 5.82 Å². The number of nitrogens with zero attached hydrogens (tertiary/aromatic N) is 4. The minimum atomic E-state index is -0.407. The summed E-state index contributed by atoms with van der Waals surface area (Å²) in [5.74, 6) is 0.325. The molecule has 2 fully saturated rings. The molecule has 1 amide bonds. The van der Waals surface area contributed by atoms with Crippen molar-refractivity contribution in [3.63, 3.8) is 0 Å². The van der Waals surface area contributed by atoms with Crippen LogP contribution in [0.1, 0.15) is 67.9 Å². The van der Waals surface area contributed by atoms with E-state index in [0.29, 0.717) is 17.0 Å². The van der Waals surface area contributed by atoms with Crippen LogP contribution in [0.2, 0.25) is 0 Å². The van der Waals surface area contributed by atoms with E-state index < -0.39 is 5.91 Å². The van der Waals surface area contributed by atoms with Gasteiger partial charge in [0.25, 0.3) is 5.91 Å². The molecule has 6 heteroatoms.